The molecule has 6 heteroatoms. The Kier molecular flexibility index (Phi) is 3.57. The molecule has 0 aliphatic heterocycles. The molecule has 0 bridgehead atoms. The van der Waals surface area contributed by atoms with E-state index in [1.54, 1.807) is 0 Å². The van der Waals surface area contributed by atoms with Gasteiger partial charge in [0.2, 0.25) is 0 Å². The number of benzene rings is 1. The first-order valence-electron chi connectivity index (χ1n) is 5.21. The molecule has 19 heavy (non-hydrogen) atoms. The topological polar surface area (TPSA) is 30.0 Å². The third-order valence-corrected chi connectivity index (χ3v) is 2.81. The summed E-state index contributed by atoms with van der Waals surface area (Å²) in [5.41, 5.74) is 0.188. The van der Waals surface area contributed by atoms with Crippen molar-refractivity contribution in [3.05, 3.63) is 52.7 Å². The van der Waals surface area contributed by atoms with Crippen LogP contribution in [0, 0.1) is 0 Å². The third kappa shape index (κ3) is 2.93. The molecule has 0 unspecified atom stereocenters. The number of aromatic nitrogens is 1. The predicted molar refractivity (Wildman–Crippen MR) is 65.1 cm³/mol. The number of nitrogens with zero attached hydrogens (tertiary/aromatic N) is 1. The van der Waals surface area contributed by atoms with Gasteiger partial charge in [-0.15, -0.1) is 0 Å². The monoisotopic (exact) mass is 285 g/mol. The molecule has 1 heterocycles. The maximum atomic E-state index is 12.4. The molecule has 0 atom stereocenters. The highest BCUT2D eigenvalue weighted by atomic mass is 35.5. The number of carbonyl (C=O) groups excluding carboxylic acids is 1. The van der Waals surface area contributed by atoms with Crippen molar-refractivity contribution in [2.45, 2.75) is 6.18 Å². The van der Waals surface area contributed by atoms with Crippen molar-refractivity contribution < 1.29 is 18.0 Å². The van der Waals surface area contributed by atoms with E-state index in [2.05, 4.69) is 4.98 Å². The molecule has 0 amide bonds. The van der Waals surface area contributed by atoms with Crippen LogP contribution in [0.1, 0.15) is 16.1 Å². The molecule has 0 aliphatic carbocycles. The molecule has 0 N–H and O–H groups in total. The highest BCUT2D eigenvalue weighted by Crippen LogP contribution is 2.30. The maximum Gasteiger partial charge on any atom is 0.416 e. The van der Waals surface area contributed by atoms with E-state index in [0.29, 0.717) is 17.5 Å². The molecule has 0 spiro atoms. The van der Waals surface area contributed by atoms with Crippen LogP contribution >= 0.6 is 11.6 Å². The van der Waals surface area contributed by atoms with Crippen molar-refractivity contribution in [2.24, 2.45) is 0 Å². The van der Waals surface area contributed by atoms with E-state index in [1.165, 1.54) is 24.3 Å². The molecule has 0 saturated heterocycles. The largest absolute Gasteiger partial charge is 0.416 e. The second-order valence-corrected chi connectivity index (χ2v) is 4.16. The first-order valence-corrected chi connectivity index (χ1v) is 5.59. The van der Waals surface area contributed by atoms with Crippen LogP contribution < -0.4 is 0 Å². The molecule has 0 aliphatic rings. The molecule has 1 aromatic heterocycles. The molecule has 0 fully saturated rings. The van der Waals surface area contributed by atoms with Crippen LogP contribution in [-0.2, 0) is 6.18 Å². The summed E-state index contributed by atoms with van der Waals surface area (Å²) >= 11 is 5.73. The summed E-state index contributed by atoms with van der Waals surface area (Å²) in [5.74, 6) is 0. The number of aldehydes is 1. The van der Waals surface area contributed by atoms with Crippen molar-refractivity contribution in [3.8, 4) is 11.3 Å². The van der Waals surface area contributed by atoms with E-state index in [1.807, 2.05) is 0 Å². The minimum Gasteiger partial charge on any atom is -0.296 e. The lowest BCUT2D eigenvalue weighted by Gasteiger charge is -2.07. The van der Waals surface area contributed by atoms with Gasteiger partial charge in [-0.1, -0.05) is 23.7 Å². The van der Waals surface area contributed by atoms with Gasteiger partial charge in [0.05, 0.1) is 16.3 Å². The SMILES string of the molecule is O=Cc1nc(-c2ccc(C(F)(F)F)cc2)ccc1Cl. The molecular formula is C13H7ClF3NO. The lowest BCUT2D eigenvalue weighted by Crippen LogP contribution is -2.04. The summed E-state index contributed by atoms with van der Waals surface area (Å²) in [4.78, 5) is 14.7. The Morgan fingerprint density at radius 1 is 1.05 bits per heavy atom. The lowest BCUT2D eigenvalue weighted by atomic mass is 10.1. The molecule has 2 rings (SSSR count). The fourth-order valence-electron chi connectivity index (χ4n) is 1.53. The van der Waals surface area contributed by atoms with Crippen LogP contribution in [0.2, 0.25) is 5.02 Å². The van der Waals surface area contributed by atoms with Gasteiger partial charge in [-0.3, -0.25) is 4.79 Å². The van der Waals surface area contributed by atoms with Gasteiger partial charge in [0, 0.05) is 5.56 Å². The van der Waals surface area contributed by atoms with Gasteiger partial charge in [-0.25, -0.2) is 4.98 Å². The second kappa shape index (κ2) is 5.01. The molecule has 98 valence electrons. The van der Waals surface area contributed by atoms with E-state index in [0.717, 1.165) is 12.1 Å². The highest BCUT2D eigenvalue weighted by Gasteiger charge is 2.29. The summed E-state index contributed by atoms with van der Waals surface area (Å²) in [6.07, 6.45) is -3.88. The van der Waals surface area contributed by atoms with Crippen LogP contribution in [0.3, 0.4) is 0 Å². The first-order chi connectivity index (χ1) is 8.91. The Hall–Kier alpha value is -1.88. The number of halogens is 4. The summed E-state index contributed by atoms with van der Waals surface area (Å²) in [6, 6.07) is 7.54. The summed E-state index contributed by atoms with van der Waals surface area (Å²) in [7, 11) is 0. The Balaban J connectivity index is 2.40. The third-order valence-electron chi connectivity index (χ3n) is 2.49. The van der Waals surface area contributed by atoms with Gasteiger partial charge in [-0.05, 0) is 24.3 Å². The molecular weight excluding hydrogens is 279 g/mol. The number of alkyl halides is 3. The lowest BCUT2D eigenvalue weighted by molar-refractivity contribution is -0.137. The van der Waals surface area contributed by atoms with Gasteiger partial charge in [0.15, 0.2) is 6.29 Å². The van der Waals surface area contributed by atoms with Gasteiger partial charge in [-0.2, -0.15) is 13.2 Å². The Morgan fingerprint density at radius 2 is 1.68 bits per heavy atom. The van der Waals surface area contributed by atoms with Gasteiger partial charge >= 0.3 is 6.18 Å². The zero-order valence-corrected chi connectivity index (χ0v) is 10.2. The quantitative estimate of drug-likeness (QED) is 0.773. The summed E-state index contributed by atoms with van der Waals surface area (Å²) in [5, 5.41) is 0.200. The fraction of sp³-hybridized carbons (Fsp3) is 0.0769. The number of hydrogen-bond acceptors (Lipinski definition) is 2. The van der Waals surface area contributed by atoms with Crippen molar-refractivity contribution >= 4 is 17.9 Å². The number of carbonyl (C=O) groups is 1. The first kappa shape index (κ1) is 13.5. The van der Waals surface area contributed by atoms with Gasteiger partial charge in [0.25, 0.3) is 0 Å². The predicted octanol–water partition coefficient (Wildman–Crippen LogP) is 4.23. The number of rotatable bonds is 2. The van der Waals surface area contributed by atoms with E-state index in [4.69, 9.17) is 11.6 Å². The fourth-order valence-corrected chi connectivity index (χ4v) is 1.68. The summed E-state index contributed by atoms with van der Waals surface area (Å²) < 4.78 is 37.2. The van der Waals surface area contributed by atoms with Crippen molar-refractivity contribution in [3.63, 3.8) is 0 Å². The average Bonchev–Trinajstić information content (AvgIpc) is 2.38. The average molecular weight is 286 g/mol. The molecule has 2 aromatic rings. The van der Waals surface area contributed by atoms with Gasteiger partial charge in [0.1, 0.15) is 5.69 Å². The van der Waals surface area contributed by atoms with Crippen molar-refractivity contribution in [1.29, 1.82) is 0 Å². The van der Waals surface area contributed by atoms with E-state index in [9.17, 15) is 18.0 Å². The Labute approximate surface area is 111 Å². The summed E-state index contributed by atoms with van der Waals surface area (Å²) in [6.45, 7) is 0. The van der Waals surface area contributed by atoms with E-state index >= 15 is 0 Å². The highest BCUT2D eigenvalue weighted by molar-refractivity contribution is 6.32. The number of pyridine rings is 1. The minimum absolute atomic E-state index is 0.0547. The number of hydrogen-bond donors (Lipinski definition) is 0. The van der Waals surface area contributed by atoms with Crippen LogP contribution in [0.25, 0.3) is 11.3 Å². The standard InChI is InChI=1S/C13H7ClF3NO/c14-10-5-6-11(18-12(10)7-19)8-1-3-9(4-2-8)13(15,16)17/h1-7H. The maximum absolute atomic E-state index is 12.4. The van der Waals surface area contributed by atoms with E-state index < -0.39 is 11.7 Å². The van der Waals surface area contributed by atoms with Crippen LogP contribution in [-0.4, -0.2) is 11.3 Å². The Morgan fingerprint density at radius 3 is 2.21 bits per heavy atom. The molecule has 1 aromatic carbocycles. The normalized spacial score (nSPS) is 11.4. The zero-order valence-electron chi connectivity index (χ0n) is 9.41. The second-order valence-electron chi connectivity index (χ2n) is 3.76. The van der Waals surface area contributed by atoms with Gasteiger partial charge < -0.3 is 0 Å². The molecule has 0 radical (unpaired) electrons. The molecule has 2 nitrogen and oxygen atoms in total. The minimum atomic E-state index is -4.38. The van der Waals surface area contributed by atoms with Crippen molar-refractivity contribution in [1.82, 2.24) is 4.98 Å². The Bertz CT molecular complexity index is 608. The van der Waals surface area contributed by atoms with Crippen LogP contribution in [0.15, 0.2) is 36.4 Å². The van der Waals surface area contributed by atoms with Crippen LogP contribution in [0.4, 0.5) is 13.2 Å². The zero-order chi connectivity index (χ0) is 14.0. The van der Waals surface area contributed by atoms with Crippen molar-refractivity contribution in [2.75, 3.05) is 0 Å². The van der Waals surface area contributed by atoms with Crippen LogP contribution in [0.5, 0.6) is 0 Å². The van der Waals surface area contributed by atoms with E-state index in [-0.39, 0.29) is 10.7 Å². The smallest absolute Gasteiger partial charge is 0.296 e. The molecule has 0 saturated carbocycles.